The minimum atomic E-state index is -0.496. The van der Waals surface area contributed by atoms with Crippen molar-refractivity contribution in [3.8, 4) is 39.7 Å². The van der Waals surface area contributed by atoms with Crippen LogP contribution in [0.1, 0.15) is 30.3 Å². The average Bonchev–Trinajstić information content (AvgIpc) is 3.24. The summed E-state index contributed by atoms with van der Waals surface area (Å²) in [6.45, 7) is 2.40. The standard InChI is InChI=1S/C22H22ClN3O7/c1-2-24-22(30)20-19(21(33-26-20)14-10-15(23)17(28)11-16(14)27)12-5-7-13(8-6-12)32-9-3-4-18(29)25-31/h5-8,10-11,27-28,31H,2-4,9H2,1H3,(H,24,30)(H,25,29). The molecule has 5 N–H and O–H groups in total. The van der Waals surface area contributed by atoms with Crippen LogP contribution in [-0.4, -0.2) is 45.5 Å². The third kappa shape index (κ3) is 5.54. The number of hydrogen-bond acceptors (Lipinski definition) is 8. The summed E-state index contributed by atoms with van der Waals surface area (Å²) in [7, 11) is 0. The smallest absolute Gasteiger partial charge is 0.274 e. The number of benzene rings is 2. The highest BCUT2D eigenvalue weighted by Gasteiger charge is 2.26. The quantitative estimate of drug-likeness (QED) is 0.179. The summed E-state index contributed by atoms with van der Waals surface area (Å²) < 4.78 is 11.0. The van der Waals surface area contributed by atoms with Crippen molar-refractivity contribution in [1.82, 2.24) is 16.0 Å². The Hall–Kier alpha value is -3.76. The molecule has 174 valence electrons. The largest absolute Gasteiger partial charge is 0.507 e. The number of aromatic hydroxyl groups is 2. The fourth-order valence-corrected chi connectivity index (χ4v) is 3.23. The van der Waals surface area contributed by atoms with Crippen molar-refractivity contribution >= 4 is 23.4 Å². The topological polar surface area (TPSA) is 154 Å². The Bertz CT molecular complexity index is 1150. The van der Waals surface area contributed by atoms with E-state index in [1.807, 2.05) is 0 Å². The summed E-state index contributed by atoms with van der Waals surface area (Å²) in [5.41, 5.74) is 2.60. The molecule has 2 amide bonds. The molecule has 33 heavy (non-hydrogen) atoms. The van der Waals surface area contributed by atoms with Gasteiger partial charge in [-0.15, -0.1) is 0 Å². The fourth-order valence-electron chi connectivity index (χ4n) is 3.07. The normalized spacial score (nSPS) is 10.6. The van der Waals surface area contributed by atoms with E-state index >= 15 is 0 Å². The predicted octanol–water partition coefficient (Wildman–Crippen LogP) is 3.49. The van der Waals surface area contributed by atoms with Crippen LogP contribution >= 0.6 is 11.6 Å². The van der Waals surface area contributed by atoms with Crippen LogP contribution in [0.2, 0.25) is 5.02 Å². The van der Waals surface area contributed by atoms with Gasteiger partial charge in [-0.25, -0.2) is 5.48 Å². The lowest BCUT2D eigenvalue weighted by molar-refractivity contribution is -0.129. The maximum absolute atomic E-state index is 12.6. The zero-order valence-corrected chi connectivity index (χ0v) is 18.3. The lowest BCUT2D eigenvalue weighted by Crippen LogP contribution is -2.23. The molecular formula is C22H22ClN3O7. The average molecular weight is 476 g/mol. The van der Waals surface area contributed by atoms with Gasteiger partial charge in [0.1, 0.15) is 17.2 Å². The van der Waals surface area contributed by atoms with E-state index in [4.69, 9.17) is 26.1 Å². The number of amides is 2. The van der Waals surface area contributed by atoms with E-state index in [1.165, 1.54) is 6.07 Å². The number of carbonyl (C=O) groups excluding carboxylic acids is 2. The summed E-state index contributed by atoms with van der Waals surface area (Å²) in [5.74, 6) is -0.945. The molecule has 10 nitrogen and oxygen atoms in total. The van der Waals surface area contributed by atoms with E-state index in [9.17, 15) is 19.8 Å². The van der Waals surface area contributed by atoms with Gasteiger partial charge in [-0.2, -0.15) is 0 Å². The van der Waals surface area contributed by atoms with Crippen molar-refractivity contribution in [3.63, 3.8) is 0 Å². The molecule has 0 aliphatic heterocycles. The number of ether oxygens (including phenoxy) is 1. The van der Waals surface area contributed by atoms with E-state index < -0.39 is 11.8 Å². The van der Waals surface area contributed by atoms with Crippen molar-refractivity contribution in [2.45, 2.75) is 19.8 Å². The van der Waals surface area contributed by atoms with Crippen molar-refractivity contribution in [1.29, 1.82) is 0 Å². The third-order valence-electron chi connectivity index (χ3n) is 4.64. The first-order valence-corrected chi connectivity index (χ1v) is 10.4. The molecule has 0 aliphatic rings. The molecule has 1 aromatic heterocycles. The Kier molecular flexibility index (Phi) is 7.75. The third-order valence-corrected chi connectivity index (χ3v) is 4.94. The van der Waals surface area contributed by atoms with E-state index in [0.29, 0.717) is 29.8 Å². The Labute approximate surface area is 193 Å². The number of carbonyl (C=O) groups is 2. The van der Waals surface area contributed by atoms with Gasteiger partial charge in [0.2, 0.25) is 5.91 Å². The van der Waals surface area contributed by atoms with Crippen LogP contribution in [0.15, 0.2) is 40.9 Å². The van der Waals surface area contributed by atoms with Gasteiger partial charge in [-0.05, 0) is 37.1 Å². The Morgan fingerprint density at radius 2 is 1.88 bits per heavy atom. The predicted molar refractivity (Wildman–Crippen MR) is 118 cm³/mol. The monoisotopic (exact) mass is 475 g/mol. The van der Waals surface area contributed by atoms with E-state index in [-0.39, 0.29) is 46.6 Å². The number of phenolic OH excluding ortho intramolecular Hbond substituents is 2. The molecule has 0 radical (unpaired) electrons. The number of phenols is 2. The molecule has 2 aromatic carbocycles. The first-order valence-electron chi connectivity index (χ1n) is 10.0. The van der Waals surface area contributed by atoms with Crippen LogP contribution in [0.3, 0.4) is 0 Å². The van der Waals surface area contributed by atoms with Crippen molar-refractivity contribution < 1.29 is 34.3 Å². The Morgan fingerprint density at radius 3 is 2.55 bits per heavy atom. The molecular weight excluding hydrogens is 454 g/mol. The number of aromatic nitrogens is 1. The van der Waals surface area contributed by atoms with E-state index in [1.54, 1.807) is 36.7 Å². The number of halogens is 1. The van der Waals surface area contributed by atoms with Gasteiger partial charge in [0, 0.05) is 19.0 Å². The molecule has 3 rings (SSSR count). The molecule has 0 aliphatic carbocycles. The number of hydroxylamine groups is 1. The van der Waals surface area contributed by atoms with Gasteiger partial charge in [0.25, 0.3) is 5.91 Å². The molecule has 0 bridgehead atoms. The molecule has 0 spiro atoms. The van der Waals surface area contributed by atoms with Crippen molar-refractivity contribution in [2.75, 3.05) is 13.2 Å². The highest BCUT2D eigenvalue weighted by molar-refractivity contribution is 6.32. The van der Waals surface area contributed by atoms with Gasteiger partial charge in [-0.1, -0.05) is 28.9 Å². The SMILES string of the molecule is CCNC(=O)c1noc(-c2cc(Cl)c(O)cc2O)c1-c1ccc(OCCCC(=O)NO)cc1. The molecule has 0 unspecified atom stereocenters. The Morgan fingerprint density at radius 1 is 1.15 bits per heavy atom. The minimum absolute atomic E-state index is 0.0108. The molecule has 1 heterocycles. The van der Waals surface area contributed by atoms with Gasteiger partial charge in [0.15, 0.2) is 11.5 Å². The number of nitrogens with one attached hydrogen (secondary N) is 2. The highest BCUT2D eigenvalue weighted by atomic mass is 35.5. The van der Waals surface area contributed by atoms with Gasteiger partial charge in [0.05, 0.1) is 22.8 Å². The fraction of sp³-hybridized carbons (Fsp3) is 0.227. The van der Waals surface area contributed by atoms with Gasteiger partial charge >= 0.3 is 0 Å². The second-order valence-electron chi connectivity index (χ2n) is 6.93. The molecule has 0 atom stereocenters. The second-order valence-corrected chi connectivity index (χ2v) is 7.33. The summed E-state index contributed by atoms with van der Waals surface area (Å²) in [6, 6.07) is 9.11. The maximum atomic E-state index is 12.6. The van der Waals surface area contributed by atoms with Crippen LogP contribution in [0.25, 0.3) is 22.5 Å². The van der Waals surface area contributed by atoms with Gasteiger partial charge in [-0.3, -0.25) is 14.8 Å². The summed E-state index contributed by atoms with van der Waals surface area (Å²) in [5, 5.41) is 35.1. The molecule has 0 saturated heterocycles. The lowest BCUT2D eigenvalue weighted by Gasteiger charge is -2.09. The van der Waals surface area contributed by atoms with Crippen LogP contribution in [0, 0.1) is 0 Å². The molecule has 0 fully saturated rings. The van der Waals surface area contributed by atoms with E-state index in [2.05, 4.69) is 10.5 Å². The van der Waals surface area contributed by atoms with Crippen LogP contribution in [-0.2, 0) is 4.79 Å². The molecule has 11 heteroatoms. The van der Waals surface area contributed by atoms with E-state index in [0.717, 1.165) is 6.07 Å². The van der Waals surface area contributed by atoms with Crippen LogP contribution in [0.5, 0.6) is 17.2 Å². The number of rotatable bonds is 9. The van der Waals surface area contributed by atoms with Crippen LogP contribution in [0.4, 0.5) is 0 Å². The first-order chi connectivity index (χ1) is 15.8. The molecule has 0 saturated carbocycles. The summed E-state index contributed by atoms with van der Waals surface area (Å²) in [6.07, 6.45) is 0.527. The Balaban J connectivity index is 1.94. The minimum Gasteiger partial charge on any atom is -0.507 e. The molecule has 3 aromatic rings. The second kappa shape index (κ2) is 10.7. The lowest BCUT2D eigenvalue weighted by atomic mass is 9.98. The number of hydrogen-bond donors (Lipinski definition) is 5. The summed E-state index contributed by atoms with van der Waals surface area (Å²) in [4.78, 5) is 23.6. The van der Waals surface area contributed by atoms with Crippen molar-refractivity contribution in [2.24, 2.45) is 0 Å². The zero-order valence-electron chi connectivity index (χ0n) is 17.6. The van der Waals surface area contributed by atoms with Crippen LogP contribution < -0.4 is 15.5 Å². The first kappa shape index (κ1) is 23.9. The highest BCUT2D eigenvalue weighted by Crippen LogP contribution is 2.43. The van der Waals surface area contributed by atoms with Gasteiger partial charge < -0.3 is 24.8 Å². The summed E-state index contributed by atoms with van der Waals surface area (Å²) >= 11 is 6.01. The van der Waals surface area contributed by atoms with Crippen molar-refractivity contribution in [3.05, 3.63) is 47.1 Å². The maximum Gasteiger partial charge on any atom is 0.274 e. The zero-order chi connectivity index (χ0) is 24.0. The number of nitrogens with zero attached hydrogens (tertiary/aromatic N) is 1.